The summed E-state index contributed by atoms with van der Waals surface area (Å²) in [6.07, 6.45) is 2.43. The van der Waals surface area contributed by atoms with Gasteiger partial charge in [-0.25, -0.2) is 0 Å². The van der Waals surface area contributed by atoms with Crippen molar-refractivity contribution in [3.05, 3.63) is 45.1 Å². The van der Waals surface area contributed by atoms with Crippen molar-refractivity contribution in [1.82, 2.24) is 0 Å². The Morgan fingerprint density at radius 3 is 2.53 bits per heavy atom. The molecule has 0 aromatic heterocycles. The maximum atomic E-state index is 10.2. The molecule has 0 heterocycles. The maximum Gasteiger partial charge on any atom is 0.235 e. The molecule has 0 aliphatic heterocycles. The van der Waals surface area contributed by atoms with Crippen molar-refractivity contribution in [1.29, 1.82) is 0 Å². The van der Waals surface area contributed by atoms with Crippen molar-refractivity contribution in [2.24, 2.45) is 0 Å². The second-order valence-electron chi connectivity index (χ2n) is 3.21. The lowest BCUT2D eigenvalue weighted by Gasteiger charge is -2.09. The largest absolute Gasteiger partial charge is 0.496 e. The summed E-state index contributed by atoms with van der Waals surface area (Å²) in [5.41, 5.74) is 2.83. The summed E-state index contributed by atoms with van der Waals surface area (Å²) in [7, 11) is 1.61. The molecule has 1 rings (SSSR count). The third-order valence-corrected chi connectivity index (χ3v) is 2.38. The van der Waals surface area contributed by atoms with E-state index in [-0.39, 0.29) is 0 Å². The molecule has 0 radical (unpaired) electrons. The molecule has 0 bridgehead atoms. The van der Waals surface area contributed by atoms with Gasteiger partial charge in [0.15, 0.2) is 0 Å². The molecule has 0 saturated carbocycles. The molecule has 0 amide bonds. The molecule has 0 N–H and O–H groups in total. The van der Waals surface area contributed by atoms with Gasteiger partial charge in [0.05, 0.1) is 12.0 Å². The first-order valence-electron chi connectivity index (χ1n) is 4.52. The molecule has 0 unspecified atom stereocenters. The molecule has 80 valence electrons. The van der Waals surface area contributed by atoms with Gasteiger partial charge in [-0.1, -0.05) is 6.07 Å². The minimum atomic E-state index is -0.473. The predicted octanol–water partition coefficient (Wildman–Crippen LogP) is 2.56. The summed E-state index contributed by atoms with van der Waals surface area (Å²) in [4.78, 5) is 9.71. The second kappa shape index (κ2) is 4.59. The highest BCUT2D eigenvalue weighted by atomic mass is 16.6. The number of benzene rings is 1. The average Bonchev–Trinajstić information content (AvgIpc) is 2.20. The molecule has 0 aliphatic carbocycles. The Balaban J connectivity index is 3.12. The fourth-order valence-corrected chi connectivity index (χ4v) is 1.36. The van der Waals surface area contributed by atoms with Crippen molar-refractivity contribution >= 4 is 6.08 Å². The molecule has 0 fully saturated rings. The van der Waals surface area contributed by atoms with E-state index in [1.54, 1.807) is 13.2 Å². The monoisotopic (exact) mass is 207 g/mol. The van der Waals surface area contributed by atoms with Crippen LogP contribution in [0.15, 0.2) is 18.3 Å². The van der Waals surface area contributed by atoms with Gasteiger partial charge in [-0.05, 0) is 36.6 Å². The molecule has 1 aromatic rings. The summed E-state index contributed by atoms with van der Waals surface area (Å²) < 4.78 is 5.15. The van der Waals surface area contributed by atoms with Crippen LogP contribution in [0.2, 0.25) is 0 Å². The first kappa shape index (κ1) is 11.2. The van der Waals surface area contributed by atoms with Gasteiger partial charge < -0.3 is 4.74 Å². The van der Waals surface area contributed by atoms with Crippen LogP contribution in [0.25, 0.3) is 6.08 Å². The number of ether oxygens (including phenoxy) is 1. The van der Waals surface area contributed by atoms with Crippen molar-refractivity contribution in [3.63, 3.8) is 0 Å². The topological polar surface area (TPSA) is 52.4 Å². The van der Waals surface area contributed by atoms with Crippen molar-refractivity contribution < 1.29 is 9.66 Å². The van der Waals surface area contributed by atoms with E-state index >= 15 is 0 Å². The van der Waals surface area contributed by atoms with E-state index in [9.17, 15) is 10.1 Å². The van der Waals surface area contributed by atoms with Crippen LogP contribution in [0.5, 0.6) is 5.75 Å². The zero-order valence-electron chi connectivity index (χ0n) is 8.98. The summed E-state index contributed by atoms with van der Waals surface area (Å²) in [5.74, 6) is 0.797. The van der Waals surface area contributed by atoms with Gasteiger partial charge >= 0.3 is 0 Å². The minimum absolute atomic E-state index is 0.473. The van der Waals surface area contributed by atoms with Crippen LogP contribution < -0.4 is 4.74 Å². The van der Waals surface area contributed by atoms with E-state index in [4.69, 9.17) is 4.74 Å². The van der Waals surface area contributed by atoms with Gasteiger partial charge in [-0.15, -0.1) is 0 Å². The lowest BCUT2D eigenvalue weighted by atomic mass is 10.0. The Morgan fingerprint density at radius 1 is 1.33 bits per heavy atom. The quantitative estimate of drug-likeness (QED) is 0.565. The second-order valence-corrected chi connectivity index (χ2v) is 3.21. The van der Waals surface area contributed by atoms with Crippen LogP contribution in [0, 0.1) is 24.0 Å². The van der Waals surface area contributed by atoms with Crippen molar-refractivity contribution in [2.45, 2.75) is 13.8 Å². The molecular formula is C11H13NO3. The van der Waals surface area contributed by atoms with Gasteiger partial charge in [0.1, 0.15) is 5.75 Å². The van der Waals surface area contributed by atoms with Gasteiger partial charge in [0.25, 0.3) is 0 Å². The summed E-state index contributed by atoms with van der Waals surface area (Å²) in [5, 5.41) is 10.2. The van der Waals surface area contributed by atoms with Gasteiger partial charge in [0, 0.05) is 6.08 Å². The number of methoxy groups -OCH3 is 1. The van der Waals surface area contributed by atoms with Crippen LogP contribution >= 0.6 is 0 Å². The fraction of sp³-hybridized carbons (Fsp3) is 0.273. The Morgan fingerprint density at radius 2 is 2.00 bits per heavy atom. The Hall–Kier alpha value is -1.84. The predicted molar refractivity (Wildman–Crippen MR) is 58.5 cm³/mol. The van der Waals surface area contributed by atoms with Crippen molar-refractivity contribution in [2.75, 3.05) is 7.11 Å². The zero-order chi connectivity index (χ0) is 11.4. The van der Waals surface area contributed by atoms with Gasteiger partial charge in [-0.3, -0.25) is 10.1 Å². The standard InChI is InChI=1S/C11H13NO3/c1-8-9(2)11(15-3)5-4-10(8)6-7-12(13)14/h4-7H,1-3H3. The minimum Gasteiger partial charge on any atom is -0.496 e. The van der Waals surface area contributed by atoms with E-state index in [1.807, 2.05) is 19.9 Å². The number of hydrogen-bond acceptors (Lipinski definition) is 3. The van der Waals surface area contributed by atoms with E-state index < -0.39 is 4.92 Å². The molecular weight excluding hydrogens is 194 g/mol. The summed E-state index contributed by atoms with van der Waals surface area (Å²) >= 11 is 0. The number of rotatable bonds is 3. The van der Waals surface area contributed by atoms with Crippen LogP contribution in [-0.2, 0) is 0 Å². The highest BCUT2D eigenvalue weighted by Crippen LogP contribution is 2.24. The smallest absolute Gasteiger partial charge is 0.235 e. The Bertz CT molecular complexity index is 411. The lowest BCUT2D eigenvalue weighted by Crippen LogP contribution is -1.93. The molecule has 0 spiro atoms. The van der Waals surface area contributed by atoms with Crippen LogP contribution in [-0.4, -0.2) is 12.0 Å². The molecule has 4 nitrogen and oxygen atoms in total. The van der Waals surface area contributed by atoms with Gasteiger partial charge in [-0.2, -0.15) is 0 Å². The maximum absolute atomic E-state index is 10.2. The fourth-order valence-electron chi connectivity index (χ4n) is 1.36. The summed E-state index contributed by atoms with van der Waals surface area (Å²) in [6, 6.07) is 3.61. The average molecular weight is 207 g/mol. The third kappa shape index (κ3) is 2.56. The molecule has 0 atom stereocenters. The summed E-state index contributed by atoms with van der Waals surface area (Å²) in [6.45, 7) is 3.84. The Kier molecular flexibility index (Phi) is 3.44. The molecule has 15 heavy (non-hydrogen) atoms. The first-order chi connectivity index (χ1) is 7.06. The lowest BCUT2D eigenvalue weighted by molar-refractivity contribution is -0.400. The van der Waals surface area contributed by atoms with E-state index in [0.717, 1.165) is 28.6 Å². The first-order valence-corrected chi connectivity index (χ1v) is 4.52. The SMILES string of the molecule is COc1ccc(C=C[N+](=O)[O-])c(C)c1C. The molecule has 0 saturated heterocycles. The molecule has 0 aliphatic rings. The van der Waals surface area contributed by atoms with E-state index in [1.165, 1.54) is 6.08 Å². The van der Waals surface area contributed by atoms with Crippen LogP contribution in [0.3, 0.4) is 0 Å². The molecule has 4 heteroatoms. The van der Waals surface area contributed by atoms with Crippen LogP contribution in [0.1, 0.15) is 16.7 Å². The normalized spacial score (nSPS) is 10.6. The molecule has 1 aromatic carbocycles. The third-order valence-electron chi connectivity index (χ3n) is 2.38. The highest BCUT2D eigenvalue weighted by Gasteiger charge is 2.04. The van der Waals surface area contributed by atoms with E-state index in [2.05, 4.69) is 0 Å². The highest BCUT2D eigenvalue weighted by molar-refractivity contribution is 5.57. The van der Waals surface area contributed by atoms with Crippen molar-refractivity contribution in [3.8, 4) is 5.75 Å². The number of hydrogen-bond donors (Lipinski definition) is 0. The zero-order valence-corrected chi connectivity index (χ0v) is 8.98. The number of nitrogens with zero attached hydrogens (tertiary/aromatic N) is 1. The number of nitro groups is 1. The van der Waals surface area contributed by atoms with E-state index in [0.29, 0.717) is 0 Å². The van der Waals surface area contributed by atoms with Gasteiger partial charge in [0.2, 0.25) is 6.20 Å². The Labute approximate surface area is 88.3 Å². The van der Waals surface area contributed by atoms with Crippen LogP contribution in [0.4, 0.5) is 0 Å².